The van der Waals surface area contributed by atoms with Crippen molar-refractivity contribution in [2.45, 2.75) is 167 Å². The summed E-state index contributed by atoms with van der Waals surface area (Å²) in [7, 11) is 3.80. The second-order valence-corrected chi connectivity index (χ2v) is 18.3. The van der Waals surface area contributed by atoms with E-state index in [-0.39, 0.29) is 11.3 Å². The van der Waals surface area contributed by atoms with Gasteiger partial charge in [-0.05, 0) is 101 Å². The number of nitrogens with zero attached hydrogens (tertiary/aromatic N) is 2. The fourth-order valence-electron chi connectivity index (χ4n) is 7.79. The van der Waals surface area contributed by atoms with Crippen LogP contribution in [0, 0.1) is 36.3 Å². The number of hydrogen-bond acceptors (Lipinski definition) is 4. The Hall–Kier alpha value is -4.88. The lowest BCUT2D eigenvalue weighted by Crippen LogP contribution is -2.12. The molecule has 2 aromatic carbocycles. The van der Waals surface area contributed by atoms with Gasteiger partial charge in [0.25, 0.3) is 0 Å². The van der Waals surface area contributed by atoms with E-state index in [1.807, 2.05) is 96.6 Å². The van der Waals surface area contributed by atoms with Gasteiger partial charge in [0.2, 0.25) is 0 Å². The second kappa shape index (κ2) is 37.9. The van der Waals surface area contributed by atoms with Gasteiger partial charge in [0, 0.05) is 80.0 Å². The molecule has 0 saturated heterocycles. The Morgan fingerprint density at radius 3 is 2.07 bits per heavy atom. The Bertz CT molecular complexity index is 2160. The van der Waals surface area contributed by atoms with Crippen molar-refractivity contribution in [1.29, 1.82) is 0 Å². The monoisotopic (exact) mass is 966 g/mol. The van der Waals surface area contributed by atoms with E-state index in [9.17, 15) is 13.6 Å². The number of benzene rings is 2. The number of unbranched alkanes of at least 4 members (excludes halogenated alkanes) is 2. The highest BCUT2D eigenvalue weighted by Crippen LogP contribution is 2.34. The van der Waals surface area contributed by atoms with E-state index < -0.39 is 11.6 Å². The Kier molecular flexibility index (Phi) is 35.2. The molecule has 0 radical (unpaired) electrons. The lowest BCUT2D eigenvalue weighted by atomic mass is 9.88. The van der Waals surface area contributed by atoms with E-state index in [1.165, 1.54) is 64.2 Å². The van der Waals surface area contributed by atoms with Gasteiger partial charge in [-0.15, -0.1) is 6.58 Å². The third-order valence-corrected chi connectivity index (χ3v) is 13.0. The van der Waals surface area contributed by atoms with Gasteiger partial charge in [0.15, 0.2) is 17.4 Å². The zero-order valence-corrected chi connectivity index (χ0v) is 46.7. The highest BCUT2D eigenvalue weighted by atomic mass is 19.2. The maximum Gasteiger partial charge on any atom is 0.169 e. The number of ether oxygens (including phenoxy) is 1. The SMILES string of the molecule is C=C(C)c1cc(C)ccc1C(C)=O.C=CC(/C=C\C(=C/C)c1cc2c(c(F)c1F)c1c(n2C)CCN=C1)=C/C.C=CCCC(C)C(=C)NC.CC.CC1CCC1.CCCCOCCCCC(CC)CC. The number of aryl methyl sites for hydroxylation is 2. The Morgan fingerprint density at radius 2 is 1.57 bits per heavy atom. The molecule has 70 heavy (non-hydrogen) atoms. The highest BCUT2D eigenvalue weighted by molar-refractivity contribution is 6.03. The Morgan fingerprint density at radius 1 is 0.929 bits per heavy atom. The zero-order valence-electron chi connectivity index (χ0n) is 46.7. The van der Waals surface area contributed by atoms with E-state index in [4.69, 9.17) is 4.74 Å². The van der Waals surface area contributed by atoms with Crippen molar-refractivity contribution in [2.24, 2.45) is 29.8 Å². The molecule has 1 fully saturated rings. The van der Waals surface area contributed by atoms with Crippen molar-refractivity contribution in [3.8, 4) is 0 Å². The number of fused-ring (bicyclic) bond motifs is 3. The van der Waals surface area contributed by atoms with Crippen LogP contribution >= 0.6 is 0 Å². The van der Waals surface area contributed by atoms with Gasteiger partial charge in [0.05, 0.1) is 5.52 Å². The lowest BCUT2D eigenvalue weighted by Gasteiger charge is -2.18. The summed E-state index contributed by atoms with van der Waals surface area (Å²) >= 11 is 0. The minimum Gasteiger partial charge on any atom is -0.392 e. The Balaban J connectivity index is 0.000000923. The van der Waals surface area contributed by atoms with Crippen LogP contribution in [0.4, 0.5) is 8.78 Å². The first-order valence-electron chi connectivity index (χ1n) is 26.5. The molecule has 0 amide bonds. The minimum absolute atomic E-state index is 0.0954. The van der Waals surface area contributed by atoms with Crippen molar-refractivity contribution in [1.82, 2.24) is 9.88 Å². The van der Waals surface area contributed by atoms with Crippen LogP contribution < -0.4 is 5.32 Å². The molecular weight excluding hydrogens is 869 g/mol. The quantitative estimate of drug-likeness (QED) is 0.0501. The maximum atomic E-state index is 15.0. The van der Waals surface area contributed by atoms with Crippen molar-refractivity contribution in [3.05, 3.63) is 143 Å². The number of hydrogen-bond donors (Lipinski definition) is 1. The van der Waals surface area contributed by atoms with Crippen LogP contribution in [0.3, 0.4) is 0 Å². The fourth-order valence-corrected chi connectivity index (χ4v) is 7.79. The van der Waals surface area contributed by atoms with Gasteiger partial charge in [0.1, 0.15) is 0 Å². The first kappa shape index (κ1) is 65.1. The summed E-state index contributed by atoms with van der Waals surface area (Å²) < 4.78 is 37.3. The largest absolute Gasteiger partial charge is 0.392 e. The van der Waals surface area contributed by atoms with Crippen LogP contribution in [-0.2, 0) is 18.2 Å². The number of nitrogens with one attached hydrogen (secondary N) is 1. The summed E-state index contributed by atoms with van der Waals surface area (Å²) in [4.78, 5) is 15.5. The topological polar surface area (TPSA) is 55.6 Å². The normalized spacial score (nSPS) is 13.3. The molecular formula is C63H97F2N3O2. The van der Waals surface area contributed by atoms with Crippen LogP contribution in [0.15, 0.2) is 103 Å². The average Bonchev–Trinajstić information content (AvgIpc) is 3.65. The smallest absolute Gasteiger partial charge is 0.169 e. The van der Waals surface area contributed by atoms with Crippen molar-refractivity contribution < 1.29 is 18.3 Å². The summed E-state index contributed by atoms with van der Waals surface area (Å²) in [5.74, 6) is 1.02. The van der Waals surface area contributed by atoms with Crippen LogP contribution in [0.25, 0.3) is 22.0 Å². The van der Waals surface area contributed by atoms with E-state index in [1.54, 1.807) is 37.4 Å². The zero-order chi connectivity index (χ0) is 53.2. The molecule has 1 N–H and O–H groups in total. The summed E-state index contributed by atoms with van der Waals surface area (Å²) in [6, 6.07) is 7.53. The van der Waals surface area contributed by atoms with Gasteiger partial charge >= 0.3 is 0 Å². The molecule has 5 rings (SSSR count). The molecule has 1 aliphatic carbocycles. The van der Waals surface area contributed by atoms with Crippen LogP contribution in [0.5, 0.6) is 0 Å². The predicted molar refractivity (Wildman–Crippen MR) is 306 cm³/mol. The van der Waals surface area contributed by atoms with Crippen LogP contribution in [0.1, 0.15) is 192 Å². The lowest BCUT2D eigenvalue weighted by molar-refractivity contribution is 0.101. The number of ketones is 1. The van der Waals surface area contributed by atoms with E-state index >= 15 is 0 Å². The first-order valence-corrected chi connectivity index (χ1v) is 26.5. The standard InChI is InChI=1S/C22H22F2N2.C13H28O.C12H14O.C9H17N.C5H10.C2H6/c1-5-14(6-2)8-9-15(7-3)16-12-19-20(22(24)21(16)23)17-13-25-11-10-18(17)26(19)4;1-4-7-11-14-12-9-8-10-13(5-2)6-3;1-8(2)12-7-9(3)5-6-11(12)10(4)13;1-5-6-7-8(2)9(3)10-4;1-5-3-2-4-5;1-2/h5-9,12-13H,1,10-11H2,2-4H3;13H,4-12H2,1-3H3;5-7H,1H2,2-4H3;5,8,10H,1,3,6-7H2,2,4H3;5H,2-4H2,1H3;1-2H3/b9-8-,14-6-,15-7+;;;;;. The van der Waals surface area contributed by atoms with Crippen molar-refractivity contribution in [2.75, 3.05) is 26.8 Å². The number of Topliss-reactive ketones (excluding diaryl/α,β-unsaturated/α-hetero) is 1. The maximum absolute atomic E-state index is 15.0. The van der Waals surface area contributed by atoms with Gasteiger partial charge in [-0.2, -0.15) is 0 Å². The third kappa shape index (κ3) is 22.9. The average molecular weight is 966 g/mol. The highest BCUT2D eigenvalue weighted by Gasteiger charge is 2.24. The number of rotatable bonds is 21. The number of allylic oxidation sites excluding steroid dienone is 10. The molecule has 7 heteroatoms. The molecule has 5 nitrogen and oxygen atoms in total. The molecule has 1 atom stereocenters. The van der Waals surface area contributed by atoms with E-state index in [0.29, 0.717) is 34.5 Å². The molecule has 3 aromatic rings. The van der Waals surface area contributed by atoms with Crippen molar-refractivity contribution >= 4 is 34.0 Å². The summed E-state index contributed by atoms with van der Waals surface area (Å²) in [5.41, 5.74) is 9.09. The van der Waals surface area contributed by atoms with E-state index in [2.05, 4.69) is 71.2 Å². The predicted octanol–water partition coefficient (Wildman–Crippen LogP) is 18.3. The number of carbonyl (C=O) groups excluding carboxylic acids is 1. The molecule has 1 aromatic heterocycles. The summed E-state index contributed by atoms with van der Waals surface area (Å²) in [6.45, 7) is 42.3. The van der Waals surface area contributed by atoms with Gasteiger partial charge in [-0.25, -0.2) is 8.78 Å². The third-order valence-electron chi connectivity index (χ3n) is 13.0. The Labute approximate surface area is 427 Å². The molecule has 1 unspecified atom stereocenters. The molecule has 0 spiro atoms. The first-order chi connectivity index (χ1) is 33.5. The van der Waals surface area contributed by atoms with Crippen LogP contribution in [0.2, 0.25) is 0 Å². The molecule has 1 saturated carbocycles. The van der Waals surface area contributed by atoms with Gasteiger partial charge in [-0.3, -0.25) is 9.79 Å². The number of halogens is 2. The number of aliphatic imine (C=N–C) groups is 1. The number of carbonyl (C=O) groups is 1. The molecule has 0 bridgehead atoms. The fraction of sp³-hybridized carbons (Fsp3) is 0.524. The molecule has 390 valence electrons. The van der Waals surface area contributed by atoms with Gasteiger partial charge < -0.3 is 14.6 Å². The molecule has 2 heterocycles. The number of aromatic nitrogens is 1. The molecule has 2 aliphatic rings. The van der Waals surface area contributed by atoms with Crippen molar-refractivity contribution in [3.63, 3.8) is 0 Å². The minimum atomic E-state index is -0.830. The van der Waals surface area contributed by atoms with Crippen LogP contribution in [-0.4, -0.2) is 43.4 Å². The second-order valence-electron chi connectivity index (χ2n) is 18.3. The van der Waals surface area contributed by atoms with E-state index in [0.717, 1.165) is 83.5 Å². The van der Waals surface area contributed by atoms with Gasteiger partial charge in [-0.1, -0.05) is 185 Å². The summed E-state index contributed by atoms with van der Waals surface area (Å²) in [6.07, 6.45) is 29.2. The molecule has 1 aliphatic heterocycles. The summed E-state index contributed by atoms with van der Waals surface area (Å²) in [5, 5.41) is 3.36.